The number of likely N-dealkylation sites (tertiary alicyclic amines) is 1. The first-order valence-electron chi connectivity index (χ1n) is 8.71. The summed E-state index contributed by atoms with van der Waals surface area (Å²) in [7, 11) is 0. The van der Waals surface area contributed by atoms with Crippen molar-refractivity contribution in [1.82, 2.24) is 15.4 Å². The van der Waals surface area contributed by atoms with Gasteiger partial charge < -0.3 is 14.7 Å². The normalized spacial score (nSPS) is 17.0. The molecule has 5 nitrogen and oxygen atoms in total. The molecule has 2 heterocycles. The van der Waals surface area contributed by atoms with Gasteiger partial charge >= 0.3 is 0 Å². The highest BCUT2D eigenvalue weighted by Gasteiger charge is 2.25. The van der Waals surface area contributed by atoms with Crippen molar-refractivity contribution in [2.75, 3.05) is 13.1 Å². The Morgan fingerprint density at radius 2 is 2.04 bits per heavy atom. The van der Waals surface area contributed by atoms with Gasteiger partial charge in [-0.3, -0.25) is 4.79 Å². The van der Waals surface area contributed by atoms with Gasteiger partial charge in [0.15, 0.2) is 5.76 Å². The maximum atomic E-state index is 12.2. The van der Waals surface area contributed by atoms with Crippen LogP contribution >= 0.6 is 0 Å². The Hall–Kier alpha value is -1.36. The van der Waals surface area contributed by atoms with Crippen LogP contribution in [0.3, 0.4) is 0 Å². The van der Waals surface area contributed by atoms with E-state index in [-0.39, 0.29) is 11.3 Å². The van der Waals surface area contributed by atoms with Gasteiger partial charge in [-0.25, -0.2) is 0 Å². The fourth-order valence-corrected chi connectivity index (χ4v) is 2.83. The molecule has 1 aromatic heterocycles. The van der Waals surface area contributed by atoms with E-state index in [1.165, 1.54) is 0 Å². The number of rotatable bonds is 5. The van der Waals surface area contributed by atoms with Crippen LogP contribution in [0.5, 0.6) is 0 Å². The van der Waals surface area contributed by atoms with Crippen molar-refractivity contribution >= 4 is 5.91 Å². The quantitative estimate of drug-likeness (QED) is 0.904. The van der Waals surface area contributed by atoms with Gasteiger partial charge in [-0.15, -0.1) is 0 Å². The van der Waals surface area contributed by atoms with E-state index in [0.717, 1.165) is 37.4 Å². The summed E-state index contributed by atoms with van der Waals surface area (Å²) in [4.78, 5) is 14.3. The maximum Gasteiger partial charge on any atom is 0.223 e. The zero-order valence-electron chi connectivity index (χ0n) is 15.2. The summed E-state index contributed by atoms with van der Waals surface area (Å²) in [5.41, 5.74) is 1.07. The van der Waals surface area contributed by atoms with E-state index in [4.69, 9.17) is 4.52 Å². The number of hydrogen-bond donors (Lipinski definition) is 1. The predicted molar refractivity (Wildman–Crippen MR) is 91.1 cm³/mol. The van der Waals surface area contributed by atoms with Gasteiger partial charge in [-0.1, -0.05) is 39.8 Å². The minimum absolute atomic E-state index is 0.0621. The van der Waals surface area contributed by atoms with Gasteiger partial charge in [-0.2, -0.15) is 0 Å². The molecule has 2 rings (SSSR count). The molecule has 1 aromatic rings. The number of nitrogens with one attached hydrogen (secondary N) is 1. The van der Waals surface area contributed by atoms with Crippen LogP contribution in [0.15, 0.2) is 10.6 Å². The van der Waals surface area contributed by atoms with Crippen LogP contribution in [0.2, 0.25) is 0 Å². The first-order chi connectivity index (χ1) is 10.7. The van der Waals surface area contributed by atoms with Gasteiger partial charge in [0.1, 0.15) is 0 Å². The number of hydrogen-bond acceptors (Lipinski definition) is 4. The molecule has 1 fully saturated rings. The Morgan fingerprint density at radius 3 is 2.57 bits per heavy atom. The minimum atomic E-state index is 0.0621. The molecular formula is C18H31N3O2. The fourth-order valence-electron chi connectivity index (χ4n) is 2.83. The molecule has 0 radical (unpaired) electrons. The van der Waals surface area contributed by atoms with E-state index < -0.39 is 0 Å². The van der Waals surface area contributed by atoms with Crippen molar-refractivity contribution in [1.29, 1.82) is 0 Å². The molecule has 0 aromatic carbocycles. The molecule has 130 valence electrons. The van der Waals surface area contributed by atoms with Gasteiger partial charge in [0, 0.05) is 31.6 Å². The van der Waals surface area contributed by atoms with Crippen LogP contribution in [0.25, 0.3) is 0 Å². The number of aromatic nitrogens is 1. The Labute approximate surface area is 139 Å². The highest BCUT2D eigenvalue weighted by molar-refractivity contribution is 5.76. The van der Waals surface area contributed by atoms with Crippen molar-refractivity contribution in [2.45, 2.75) is 72.4 Å². The summed E-state index contributed by atoms with van der Waals surface area (Å²) in [6.07, 6.45) is 2.63. The summed E-state index contributed by atoms with van der Waals surface area (Å²) < 4.78 is 5.35. The Balaban J connectivity index is 1.73. The molecule has 0 aliphatic carbocycles. The average molecular weight is 321 g/mol. The lowest BCUT2D eigenvalue weighted by Crippen LogP contribution is -2.45. The third kappa shape index (κ3) is 5.65. The molecule has 23 heavy (non-hydrogen) atoms. The lowest BCUT2D eigenvalue weighted by Gasteiger charge is -2.34. The first kappa shape index (κ1) is 18.0. The summed E-state index contributed by atoms with van der Waals surface area (Å²) in [5.74, 6) is 1.57. The lowest BCUT2D eigenvalue weighted by atomic mass is 9.91. The second-order valence-electron chi connectivity index (χ2n) is 8.15. The van der Waals surface area contributed by atoms with E-state index >= 15 is 0 Å². The van der Waals surface area contributed by atoms with Crippen molar-refractivity contribution in [3.63, 3.8) is 0 Å². The molecule has 5 heteroatoms. The van der Waals surface area contributed by atoms with Gasteiger partial charge in [0.2, 0.25) is 5.91 Å². The molecule has 1 aliphatic rings. The van der Waals surface area contributed by atoms with E-state index in [1.54, 1.807) is 0 Å². The van der Waals surface area contributed by atoms with Crippen LogP contribution in [0, 0.1) is 5.41 Å². The number of carbonyl (C=O) groups is 1. The zero-order chi connectivity index (χ0) is 17.0. The zero-order valence-corrected chi connectivity index (χ0v) is 15.2. The van der Waals surface area contributed by atoms with E-state index in [9.17, 15) is 4.79 Å². The smallest absolute Gasteiger partial charge is 0.223 e. The van der Waals surface area contributed by atoms with Crippen LogP contribution in [-0.2, 0) is 11.3 Å². The van der Waals surface area contributed by atoms with E-state index in [0.29, 0.717) is 24.9 Å². The number of piperidine rings is 1. The molecule has 0 bridgehead atoms. The molecule has 1 saturated heterocycles. The van der Waals surface area contributed by atoms with Crippen molar-refractivity contribution in [3.8, 4) is 0 Å². The topological polar surface area (TPSA) is 58.4 Å². The Morgan fingerprint density at radius 1 is 1.39 bits per heavy atom. The van der Waals surface area contributed by atoms with Gasteiger partial charge in [-0.05, 0) is 24.2 Å². The molecule has 0 spiro atoms. The van der Waals surface area contributed by atoms with Crippen molar-refractivity contribution in [2.24, 2.45) is 5.41 Å². The number of amides is 1. The van der Waals surface area contributed by atoms with Crippen LogP contribution in [-0.4, -0.2) is 35.1 Å². The molecule has 1 N–H and O–H groups in total. The minimum Gasteiger partial charge on any atom is -0.360 e. The molecule has 0 atom stereocenters. The summed E-state index contributed by atoms with van der Waals surface area (Å²) in [5, 5.41) is 7.61. The first-order valence-corrected chi connectivity index (χ1v) is 8.71. The lowest BCUT2D eigenvalue weighted by molar-refractivity contribution is -0.134. The SMILES string of the molecule is CC(C)c1cc(CNC2CCN(C(=O)CC(C)(C)C)CC2)on1. The standard InChI is InChI=1S/C18H31N3O2/c1-13(2)16-10-15(23-20-16)12-19-14-6-8-21(9-7-14)17(22)11-18(3,4)5/h10,13-14,19H,6-9,11-12H2,1-5H3. The highest BCUT2D eigenvalue weighted by atomic mass is 16.5. The largest absolute Gasteiger partial charge is 0.360 e. The summed E-state index contributed by atoms with van der Waals surface area (Å²) in [6, 6.07) is 2.47. The monoisotopic (exact) mass is 321 g/mol. The maximum absolute atomic E-state index is 12.2. The molecule has 1 amide bonds. The van der Waals surface area contributed by atoms with Crippen molar-refractivity contribution in [3.05, 3.63) is 17.5 Å². The summed E-state index contributed by atoms with van der Waals surface area (Å²) in [6.45, 7) is 13.0. The number of carbonyl (C=O) groups excluding carboxylic acids is 1. The molecule has 0 unspecified atom stereocenters. The third-order valence-electron chi connectivity index (χ3n) is 4.26. The Bertz CT molecular complexity index is 509. The number of nitrogens with zero attached hydrogens (tertiary/aromatic N) is 2. The second-order valence-corrected chi connectivity index (χ2v) is 8.15. The Kier molecular flexibility index (Phi) is 5.84. The highest BCUT2D eigenvalue weighted by Crippen LogP contribution is 2.22. The van der Waals surface area contributed by atoms with Crippen LogP contribution in [0.4, 0.5) is 0 Å². The predicted octanol–water partition coefficient (Wildman–Crippen LogP) is 3.31. The molecular weight excluding hydrogens is 290 g/mol. The molecule has 0 saturated carbocycles. The van der Waals surface area contributed by atoms with Gasteiger partial charge in [0.05, 0.1) is 12.2 Å². The van der Waals surface area contributed by atoms with E-state index in [2.05, 4.69) is 45.1 Å². The van der Waals surface area contributed by atoms with Crippen molar-refractivity contribution < 1.29 is 9.32 Å². The fraction of sp³-hybridized carbons (Fsp3) is 0.778. The van der Waals surface area contributed by atoms with E-state index in [1.807, 2.05) is 11.0 Å². The third-order valence-corrected chi connectivity index (χ3v) is 4.26. The molecule has 1 aliphatic heterocycles. The van der Waals surface area contributed by atoms with Crippen LogP contribution < -0.4 is 5.32 Å². The van der Waals surface area contributed by atoms with Gasteiger partial charge in [0.25, 0.3) is 0 Å². The average Bonchev–Trinajstić information content (AvgIpc) is 2.93. The van der Waals surface area contributed by atoms with Crippen LogP contribution in [0.1, 0.15) is 71.3 Å². The summed E-state index contributed by atoms with van der Waals surface area (Å²) >= 11 is 0. The second kappa shape index (κ2) is 7.47.